The van der Waals surface area contributed by atoms with E-state index in [1.165, 1.54) is 6.20 Å². The lowest BCUT2D eigenvalue weighted by molar-refractivity contribution is 0.122. The highest BCUT2D eigenvalue weighted by Gasteiger charge is 2.22. The standard InChI is InChI=1S/C18H25FN6O/c1-3-4-6-15(20-2)16-7-5-8-25(23-16)18-21-13-14(19)17(22-18)24-9-11-26-12-10-24/h4,6,13H,3,5,7-12H2,1-2H3/b6-4-,20-15?. The van der Waals surface area contributed by atoms with Crippen LogP contribution in [0, 0.1) is 5.82 Å². The number of allylic oxidation sites excluding steroid dienone is 2. The predicted octanol–water partition coefficient (Wildman–Crippen LogP) is 2.45. The van der Waals surface area contributed by atoms with Gasteiger partial charge in [-0.1, -0.05) is 13.0 Å². The molecule has 7 nitrogen and oxygen atoms in total. The largest absolute Gasteiger partial charge is 0.378 e. The molecule has 2 aliphatic rings. The van der Waals surface area contributed by atoms with Crippen molar-refractivity contribution in [3.8, 4) is 0 Å². The number of hydrogen-bond donors (Lipinski definition) is 0. The summed E-state index contributed by atoms with van der Waals surface area (Å²) >= 11 is 0. The summed E-state index contributed by atoms with van der Waals surface area (Å²) in [5, 5.41) is 6.41. The Morgan fingerprint density at radius 3 is 2.88 bits per heavy atom. The third-order valence-corrected chi connectivity index (χ3v) is 4.33. The average molecular weight is 360 g/mol. The van der Waals surface area contributed by atoms with E-state index in [1.807, 2.05) is 11.0 Å². The lowest BCUT2D eigenvalue weighted by Gasteiger charge is -2.29. The van der Waals surface area contributed by atoms with Crippen molar-refractivity contribution in [3.05, 3.63) is 24.2 Å². The van der Waals surface area contributed by atoms with Crippen LogP contribution in [0.4, 0.5) is 16.2 Å². The second-order valence-corrected chi connectivity index (χ2v) is 6.13. The van der Waals surface area contributed by atoms with Crippen LogP contribution < -0.4 is 9.91 Å². The second kappa shape index (κ2) is 8.84. The molecule has 1 aromatic heterocycles. The van der Waals surface area contributed by atoms with Crippen LogP contribution in [-0.4, -0.2) is 61.3 Å². The molecule has 3 heterocycles. The molecule has 2 aliphatic heterocycles. The van der Waals surface area contributed by atoms with Gasteiger partial charge in [-0.15, -0.1) is 0 Å². The van der Waals surface area contributed by atoms with Gasteiger partial charge < -0.3 is 9.64 Å². The number of hydrogen-bond acceptors (Lipinski definition) is 7. The molecular formula is C18H25FN6O. The molecule has 0 spiro atoms. The Morgan fingerprint density at radius 1 is 1.35 bits per heavy atom. The van der Waals surface area contributed by atoms with Crippen LogP contribution in [0.1, 0.15) is 26.2 Å². The lowest BCUT2D eigenvalue weighted by atomic mass is 10.1. The van der Waals surface area contributed by atoms with Crippen molar-refractivity contribution in [2.75, 3.05) is 49.8 Å². The minimum absolute atomic E-state index is 0.316. The zero-order valence-electron chi connectivity index (χ0n) is 15.4. The SMILES string of the molecule is CC/C=C\C(=NC)C1=NN(c2ncc(F)c(N3CCOCC3)n2)CCC1. The molecular weight excluding hydrogens is 335 g/mol. The molecule has 0 atom stereocenters. The molecule has 1 aromatic rings. The van der Waals surface area contributed by atoms with Gasteiger partial charge in [0.05, 0.1) is 30.8 Å². The third kappa shape index (κ3) is 4.24. The van der Waals surface area contributed by atoms with Gasteiger partial charge in [-0.05, 0) is 25.3 Å². The van der Waals surface area contributed by atoms with Gasteiger partial charge in [-0.3, -0.25) is 4.99 Å². The summed E-state index contributed by atoms with van der Waals surface area (Å²) in [7, 11) is 1.77. The molecule has 0 amide bonds. The fourth-order valence-corrected chi connectivity index (χ4v) is 2.97. The van der Waals surface area contributed by atoms with Gasteiger partial charge in [0, 0.05) is 26.7 Å². The van der Waals surface area contributed by atoms with Gasteiger partial charge in [-0.25, -0.2) is 14.4 Å². The number of aliphatic imine (C=N–C) groups is 1. The molecule has 140 valence electrons. The Kier molecular flexibility index (Phi) is 6.27. The quantitative estimate of drug-likeness (QED) is 0.755. The predicted molar refractivity (Wildman–Crippen MR) is 102 cm³/mol. The van der Waals surface area contributed by atoms with E-state index in [2.05, 4.69) is 33.1 Å². The number of halogens is 1. The van der Waals surface area contributed by atoms with Gasteiger partial charge in [0.15, 0.2) is 11.6 Å². The van der Waals surface area contributed by atoms with Crippen molar-refractivity contribution >= 4 is 23.2 Å². The molecule has 0 saturated carbocycles. The molecule has 1 saturated heterocycles. The topological polar surface area (TPSA) is 66.2 Å². The van der Waals surface area contributed by atoms with Crippen LogP contribution in [0.15, 0.2) is 28.4 Å². The van der Waals surface area contributed by atoms with Gasteiger partial charge in [0.25, 0.3) is 0 Å². The van der Waals surface area contributed by atoms with Crippen molar-refractivity contribution in [2.24, 2.45) is 10.1 Å². The molecule has 0 aliphatic carbocycles. The molecule has 0 bridgehead atoms. The first kappa shape index (κ1) is 18.4. The monoisotopic (exact) mass is 360 g/mol. The maximum atomic E-state index is 14.2. The van der Waals surface area contributed by atoms with E-state index in [-0.39, 0.29) is 0 Å². The molecule has 26 heavy (non-hydrogen) atoms. The van der Waals surface area contributed by atoms with Gasteiger partial charge in [-0.2, -0.15) is 10.1 Å². The van der Waals surface area contributed by atoms with Crippen molar-refractivity contribution in [3.63, 3.8) is 0 Å². The molecule has 3 rings (SSSR count). The number of hydrazone groups is 1. The Bertz CT molecular complexity index is 712. The van der Waals surface area contributed by atoms with E-state index in [9.17, 15) is 4.39 Å². The van der Waals surface area contributed by atoms with Gasteiger partial charge in [0.2, 0.25) is 5.95 Å². The first-order valence-corrected chi connectivity index (χ1v) is 9.07. The maximum absolute atomic E-state index is 14.2. The van der Waals surface area contributed by atoms with Crippen molar-refractivity contribution < 1.29 is 9.13 Å². The highest BCUT2D eigenvalue weighted by molar-refractivity contribution is 6.46. The summed E-state index contributed by atoms with van der Waals surface area (Å²) in [6.07, 6.45) is 8.00. The first-order valence-electron chi connectivity index (χ1n) is 9.07. The highest BCUT2D eigenvalue weighted by atomic mass is 19.1. The van der Waals surface area contributed by atoms with Gasteiger partial charge >= 0.3 is 0 Å². The van der Waals surface area contributed by atoms with Crippen LogP contribution in [-0.2, 0) is 4.74 Å². The summed E-state index contributed by atoms with van der Waals surface area (Å²) in [5.74, 6) is 0.314. The summed E-state index contributed by atoms with van der Waals surface area (Å²) in [5.41, 5.74) is 1.77. The van der Waals surface area contributed by atoms with E-state index < -0.39 is 5.82 Å². The van der Waals surface area contributed by atoms with Crippen molar-refractivity contribution in [1.82, 2.24) is 9.97 Å². The minimum atomic E-state index is -0.418. The summed E-state index contributed by atoms with van der Waals surface area (Å²) < 4.78 is 19.6. The smallest absolute Gasteiger partial charge is 0.248 e. The number of ether oxygens (including phenoxy) is 1. The van der Waals surface area contributed by atoms with E-state index in [4.69, 9.17) is 4.74 Å². The van der Waals surface area contributed by atoms with Crippen LogP contribution in [0.25, 0.3) is 0 Å². The first-order chi connectivity index (χ1) is 12.7. The average Bonchev–Trinajstić information content (AvgIpc) is 2.70. The summed E-state index contributed by atoms with van der Waals surface area (Å²) in [6.45, 7) is 5.17. The van der Waals surface area contributed by atoms with Crippen molar-refractivity contribution in [2.45, 2.75) is 26.2 Å². The van der Waals surface area contributed by atoms with Crippen molar-refractivity contribution in [1.29, 1.82) is 0 Å². The Hall–Kier alpha value is -2.35. The number of nitrogens with zero attached hydrogens (tertiary/aromatic N) is 6. The number of rotatable bonds is 5. The zero-order valence-corrected chi connectivity index (χ0v) is 15.4. The zero-order chi connectivity index (χ0) is 18.4. The van der Waals surface area contributed by atoms with Crippen LogP contribution in [0.2, 0.25) is 0 Å². The number of aromatic nitrogens is 2. The molecule has 0 aromatic carbocycles. The number of morpholine rings is 1. The maximum Gasteiger partial charge on any atom is 0.248 e. The third-order valence-electron chi connectivity index (χ3n) is 4.33. The lowest BCUT2D eigenvalue weighted by Crippen LogP contribution is -2.38. The molecule has 0 unspecified atom stereocenters. The fourth-order valence-electron chi connectivity index (χ4n) is 2.97. The summed E-state index contributed by atoms with van der Waals surface area (Å²) in [6, 6.07) is 0. The van der Waals surface area contributed by atoms with Crippen LogP contribution >= 0.6 is 0 Å². The normalized spacial score (nSPS) is 19.2. The fraction of sp³-hybridized carbons (Fsp3) is 0.556. The molecule has 0 N–H and O–H groups in total. The molecule has 8 heteroatoms. The Balaban J connectivity index is 1.86. The van der Waals surface area contributed by atoms with Gasteiger partial charge in [0.1, 0.15) is 0 Å². The Morgan fingerprint density at radius 2 is 2.15 bits per heavy atom. The highest BCUT2D eigenvalue weighted by Crippen LogP contribution is 2.22. The van der Waals surface area contributed by atoms with E-state index >= 15 is 0 Å². The molecule has 1 fully saturated rings. The van der Waals surface area contributed by atoms with E-state index in [0.29, 0.717) is 44.6 Å². The number of anilines is 2. The molecule has 0 radical (unpaired) electrons. The van der Waals surface area contributed by atoms with Crippen LogP contribution in [0.5, 0.6) is 0 Å². The minimum Gasteiger partial charge on any atom is -0.378 e. The second-order valence-electron chi connectivity index (χ2n) is 6.13. The Labute approximate surface area is 153 Å². The summed E-state index contributed by atoms with van der Waals surface area (Å²) in [4.78, 5) is 14.8. The van der Waals surface area contributed by atoms with E-state index in [1.54, 1.807) is 12.1 Å². The van der Waals surface area contributed by atoms with E-state index in [0.717, 1.165) is 30.7 Å². The van der Waals surface area contributed by atoms with Crippen LogP contribution in [0.3, 0.4) is 0 Å².